The lowest BCUT2D eigenvalue weighted by atomic mass is 9.98. The van der Waals surface area contributed by atoms with Gasteiger partial charge in [0.05, 0.1) is 0 Å². The monoisotopic (exact) mass is 283 g/mol. The normalized spacial score (nSPS) is 14.7. The number of carbonyl (C=O) groups excluding carboxylic acids is 1. The van der Waals surface area contributed by atoms with Crippen molar-refractivity contribution in [1.82, 2.24) is 4.90 Å². The fourth-order valence-corrected chi connectivity index (χ4v) is 2.75. The van der Waals surface area contributed by atoms with Gasteiger partial charge in [0.15, 0.2) is 0 Å². The zero-order valence-electron chi connectivity index (χ0n) is 11.6. The van der Waals surface area contributed by atoms with Crippen LogP contribution in [0, 0.1) is 0 Å². The van der Waals surface area contributed by atoms with E-state index in [1.165, 1.54) is 0 Å². The van der Waals surface area contributed by atoms with E-state index in [1.807, 2.05) is 12.1 Å². The predicted molar refractivity (Wildman–Crippen MR) is 79.9 cm³/mol. The van der Waals surface area contributed by atoms with Crippen LogP contribution in [0.2, 0.25) is 0 Å². The van der Waals surface area contributed by atoms with Crippen molar-refractivity contribution in [2.45, 2.75) is 19.4 Å². The van der Waals surface area contributed by atoms with Crippen molar-refractivity contribution in [2.24, 2.45) is 0 Å². The SMILES string of the molecule is O=C1CCCN1Cc1cc(O)ccc1-c1ccccc1O. The molecule has 0 aliphatic carbocycles. The standard InChI is InChI=1S/C17H17NO3/c19-13-7-8-14(15-4-1-2-5-16(15)20)12(10-13)11-18-9-3-6-17(18)21/h1-2,4-5,7-8,10,19-20H,3,6,9,11H2. The van der Waals surface area contributed by atoms with E-state index in [2.05, 4.69) is 0 Å². The number of benzene rings is 2. The van der Waals surface area contributed by atoms with E-state index in [9.17, 15) is 15.0 Å². The summed E-state index contributed by atoms with van der Waals surface area (Å²) in [4.78, 5) is 13.6. The van der Waals surface area contributed by atoms with Crippen LogP contribution in [0.3, 0.4) is 0 Å². The van der Waals surface area contributed by atoms with E-state index in [0.29, 0.717) is 18.5 Å². The third-order valence-corrected chi connectivity index (χ3v) is 3.82. The second-order valence-electron chi connectivity index (χ2n) is 5.28. The topological polar surface area (TPSA) is 60.8 Å². The Labute approximate surface area is 123 Å². The first-order valence-corrected chi connectivity index (χ1v) is 7.03. The number of phenolic OH excluding ortho intramolecular Hbond substituents is 2. The van der Waals surface area contributed by atoms with Gasteiger partial charge in [-0.1, -0.05) is 24.3 Å². The summed E-state index contributed by atoms with van der Waals surface area (Å²) in [6.45, 7) is 1.20. The molecule has 2 N–H and O–H groups in total. The van der Waals surface area contributed by atoms with Crippen LogP contribution in [0.25, 0.3) is 11.1 Å². The number of phenols is 2. The van der Waals surface area contributed by atoms with E-state index in [1.54, 1.807) is 35.2 Å². The average Bonchev–Trinajstić information content (AvgIpc) is 2.86. The molecule has 1 saturated heterocycles. The zero-order valence-corrected chi connectivity index (χ0v) is 11.6. The van der Waals surface area contributed by atoms with Crippen molar-refractivity contribution in [1.29, 1.82) is 0 Å². The van der Waals surface area contributed by atoms with Gasteiger partial charge in [-0.15, -0.1) is 0 Å². The summed E-state index contributed by atoms with van der Waals surface area (Å²) in [6, 6.07) is 12.1. The molecular weight excluding hydrogens is 266 g/mol. The van der Waals surface area contributed by atoms with Crippen LogP contribution in [-0.2, 0) is 11.3 Å². The summed E-state index contributed by atoms with van der Waals surface area (Å²) < 4.78 is 0. The number of para-hydroxylation sites is 1. The highest BCUT2D eigenvalue weighted by Gasteiger charge is 2.22. The summed E-state index contributed by atoms with van der Waals surface area (Å²) in [5, 5.41) is 19.8. The second kappa shape index (κ2) is 5.48. The minimum atomic E-state index is 0.140. The summed E-state index contributed by atoms with van der Waals surface area (Å²) in [7, 11) is 0. The zero-order chi connectivity index (χ0) is 14.8. The molecule has 4 heteroatoms. The molecule has 2 aromatic carbocycles. The molecule has 21 heavy (non-hydrogen) atoms. The Bertz CT molecular complexity index is 681. The summed E-state index contributed by atoms with van der Waals surface area (Å²) >= 11 is 0. The quantitative estimate of drug-likeness (QED) is 0.910. The molecule has 1 amide bonds. The number of hydrogen-bond acceptors (Lipinski definition) is 3. The molecule has 1 fully saturated rings. The molecule has 0 atom stereocenters. The first-order valence-electron chi connectivity index (χ1n) is 7.03. The largest absolute Gasteiger partial charge is 0.508 e. The third kappa shape index (κ3) is 2.70. The molecule has 1 aliphatic rings. The number of likely N-dealkylation sites (tertiary alicyclic amines) is 1. The van der Waals surface area contributed by atoms with Gasteiger partial charge in [0.2, 0.25) is 5.91 Å². The Balaban J connectivity index is 2.01. The lowest BCUT2D eigenvalue weighted by Gasteiger charge is -2.19. The van der Waals surface area contributed by atoms with Gasteiger partial charge in [-0.3, -0.25) is 4.79 Å². The predicted octanol–water partition coefficient (Wildman–Crippen LogP) is 2.89. The van der Waals surface area contributed by atoms with E-state index in [-0.39, 0.29) is 17.4 Å². The van der Waals surface area contributed by atoms with E-state index < -0.39 is 0 Å². The first-order chi connectivity index (χ1) is 10.1. The maximum absolute atomic E-state index is 11.8. The van der Waals surface area contributed by atoms with Crippen LogP contribution in [0.1, 0.15) is 18.4 Å². The van der Waals surface area contributed by atoms with Gasteiger partial charge in [0.25, 0.3) is 0 Å². The second-order valence-corrected chi connectivity index (χ2v) is 5.28. The van der Waals surface area contributed by atoms with Gasteiger partial charge in [-0.25, -0.2) is 0 Å². The first kappa shape index (κ1) is 13.5. The van der Waals surface area contributed by atoms with Gasteiger partial charge in [0, 0.05) is 25.1 Å². The lowest BCUT2D eigenvalue weighted by molar-refractivity contribution is -0.128. The van der Waals surface area contributed by atoms with Crippen LogP contribution in [0.4, 0.5) is 0 Å². The van der Waals surface area contributed by atoms with Crippen molar-refractivity contribution in [3.8, 4) is 22.6 Å². The van der Waals surface area contributed by atoms with Crippen LogP contribution < -0.4 is 0 Å². The Morgan fingerprint density at radius 2 is 1.86 bits per heavy atom. The van der Waals surface area contributed by atoms with Gasteiger partial charge < -0.3 is 15.1 Å². The van der Waals surface area contributed by atoms with Crippen LogP contribution in [0.15, 0.2) is 42.5 Å². The molecular formula is C17H17NO3. The average molecular weight is 283 g/mol. The number of rotatable bonds is 3. The van der Waals surface area contributed by atoms with Gasteiger partial charge in [0.1, 0.15) is 11.5 Å². The summed E-state index contributed by atoms with van der Waals surface area (Å²) in [5.74, 6) is 0.495. The van der Waals surface area contributed by atoms with E-state index >= 15 is 0 Å². The number of amides is 1. The number of carbonyl (C=O) groups is 1. The molecule has 4 nitrogen and oxygen atoms in total. The van der Waals surface area contributed by atoms with Crippen molar-refractivity contribution in [2.75, 3.05) is 6.54 Å². The highest BCUT2D eigenvalue weighted by Crippen LogP contribution is 2.34. The van der Waals surface area contributed by atoms with Gasteiger partial charge in [-0.05, 0) is 35.7 Å². The minimum Gasteiger partial charge on any atom is -0.508 e. The Morgan fingerprint density at radius 1 is 1.05 bits per heavy atom. The number of hydrogen-bond donors (Lipinski definition) is 2. The van der Waals surface area contributed by atoms with Crippen molar-refractivity contribution >= 4 is 5.91 Å². The lowest BCUT2D eigenvalue weighted by Crippen LogP contribution is -2.24. The summed E-state index contributed by atoms with van der Waals surface area (Å²) in [6.07, 6.45) is 1.47. The maximum atomic E-state index is 11.8. The van der Waals surface area contributed by atoms with Crippen LogP contribution >= 0.6 is 0 Å². The van der Waals surface area contributed by atoms with E-state index in [4.69, 9.17) is 0 Å². The fourth-order valence-electron chi connectivity index (χ4n) is 2.75. The van der Waals surface area contributed by atoms with Crippen molar-refractivity contribution in [3.63, 3.8) is 0 Å². The Morgan fingerprint density at radius 3 is 2.57 bits per heavy atom. The van der Waals surface area contributed by atoms with Crippen LogP contribution in [-0.4, -0.2) is 27.6 Å². The molecule has 0 bridgehead atoms. The highest BCUT2D eigenvalue weighted by molar-refractivity contribution is 5.79. The molecule has 1 aliphatic heterocycles. The molecule has 108 valence electrons. The number of aromatic hydroxyl groups is 2. The van der Waals surface area contributed by atoms with Crippen molar-refractivity contribution < 1.29 is 15.0 Å². The molecule has 0 radical (unpaired) electrons. The van der Waals surface area contributed by atoms with Gasteiger partial charge >= 0.3 is 0 Å². The number of nitrogens with zero attached hydrogens (tertiary/aromatic N) is 1. The van der Waals surface area contributed by atoms with Gasteiger partial charge in [-0.2, -0.15) is 0 Å². The molecule has 1 heterocycles. The third-order valence-electron chi connectivity index (χ3n) is 3.82. The molecule has 0 spiro atoms. The van der Waals surface area contributed by atoms with Crippen LogP contribution in [0.5, 0.6) is 11.5 Å². The van der Waals surface area contributed by atoms with Crippen molar-refractivity contribution in [3.05, 3.63) is 48.0 Å². The van der Waals surface area contributed by atoms with E-state index in [0.717, 1.165) is 24.1 Å². The summed E-state index contributed by atoms with van der Waals surface area (Å²) in [5.41, 5.74) is 2.39. The highest BCUT2D eigenvalue weighted by atomic mass is 16.3. The fraction of sp³-hybridized carbons (Fsp3) is 0.235. The molecule has 0 aromatic heterocycles. The smallest absolute Gasteiger partial charge is 0.222 e. The molecule has 3 rings (SSSR count). The maximum Gasteiger partial charge on any atom is 0.222 e. The Kier molecular flexibility index (Phi) is 3.52. The molecule has 0 saturated carbocycles. The molecule has 2 aromatic rings. The Hall–Kier alpha value is -2.49. The molecule has 0 unspecified atom stereocenters. The minimum absolute atomic E-state index is 0.140.